The molecule has 0 amide bonds. The Morgan fingerprint density at radius 3 is 2.37 bits per heavy atom. The molecule has 27 heavy (non-hydrogen) atoms. The van der Waals surface area contributed by atoms with Gasteiger partial charge in [0.2, 0.25) is 0 Å². The van der Waals surface area contributed by atoms with Gasteiger partial charge in [0.05, 0.1) is 39.8 Å². The lowest BCUT2D eigenvalue weighted by atomic mass is 10.1. The van der Waals surface area contributed by atoms with Gasteiger partial charge in [-0.25, -0.2) is 14.4 Å². The molecule has 1 heterocycles. The lowest BCUT2D eigenvalue weighted by molar-refractivity contribution is 0.0525. The monoisotopic (exact) mass is 408 g/mol. The number of nitrogens with zero attached hydrogens (tertiary/aromatic N) is 2. The van der Waals surface area contributed by atoms with Gasteiger partial charge >= 0.3 is 17.8 Å². The van der Waals surface area contributed by atoms with E-state index < -0.39 is 17.8 Å². The van der Waals surface area contributed by atoms with Gasteiger partial charge in [0.1, 0.15) is 0 Å². The van der Waals surface area contributed by atoms with Crippen molar-refractivity contribution in [2.45, 2.75) is 13.5 Å². The number of benzene rings is 2. The predicted octanol–water partition coefficient (Wildman–Crippen LogP) is 3.86. The average molecular weight is 409 g/mol. The van der Waals surface area contributed by atoms with Crippen LogP contribution in [0.4, 0.5) is 4.79 Å². The van der Waals surface area contributed by atoms with Gasteiger partial charge in [0.15, 0.2) is 0 Å². The summed E-state index contributed by atoms with van der Waals surface area (Å²) >= 11 is 12.0. The first-order valence-electron chi connectivity index (χ1n) is 7.93. The second-order valence-corrected chi connectivity index (χ2v) is 6.43. The average Bonchev–Trinajstić information content (AvgIpc) is 2.87. The van der Waals surface area contributed by atoms with Crippen LogP contribution in [-0.2, 0) is 11.3 Å². The molecule has 0 aliphatic carbocycles. The minimum absolute atomic E-state index is 0.0391. The summed E-state index contributed by atoms with van der Waals surface area (Å²) in [5, 5.41) is 9.72. The largest absolute Gasteiger partial charge is 0.464 e. The maximum absolute atomic E-state index is 12.7. The highest BCUT2D eigenvalue weighted by Gasteiger charge is 2.21. The van der Waals surface area contributed by atoms with Crippen LogP contribution in [0.5, 0.6) is 0 Å². The summed E-state index contributed by atoms with van der Waals surface area (Å²) in [5.41, 5.74) is 0.413. The van der Waals surface area contributed by atoms with Crippen LogP contribution in [0.25, 0.3) is 11.0 Å². The summed E-state index contributed by atoms with van der Waals surface area (Å²) in [7, 11) is 0. The summed E-state index contributed by atoms with van der Waals surface area (Å²) in [6.07, 6.45) is -1.44. The number of carbonyl (C=O) groups is 2. The molecular weight excluding hydrogens is 395 g/mol. The number of imidazole rings is 1. The highest BCUT2D eigenvalue weighted by atomic mass is 35.5. The molecule has 0 spiro atoms. The number of esters is 1. The van der Waals surface area contributed by atoms with Crippen LogP contribution in [0.3, 0.4) is 0 Å². The van der Waals surface area contributed by atoms with E-state index in [4.69, 9.17) is 27.9 Å². The van der Waals surface area contributed by atoms with Crippen LogP contribution < -0.4 is 5.69 Å². The molecule has 0 aliphatic heterocycles. The third-order valence-electron chi connectivity index (χ3n) is 4.00. The third kappa shape index (κ3) is 3.43. The predicted molar refractivity (Wildman–Crippen MR) is 101 cm³/mol. The Bertz CT molecular complexity index is 1120. The molecule has 0 saturated carbocycles. The molecule has 0 saturated heterocycles. The van der Waals surface area contributed by atoms with Crippen molar-refractivity contribution in [3.05, 3.63) is 68.1 Å². The minimum Gasteiger partial charge on any atom is -0.464 e. The van der Waals surface area contributed by atoms with Crippen LogP contribution in [0.15, 0.2) is 41.2 Å². The molecule has 1 aromatic heterocycles. The number of carboxylic acid groups (broad SMARTS) is 1. The summed E-state index contributed by atoms with van der Waals surface area (Å²) in [6.45, 7) is 1.86. The first kappa shape index (κ1) is 19.0. The van der Waals surface area contributed by atoms with Crippen molar-refractivity contribution in [1.29, 1.82) is 0 Å². The maximum Gasteiger partial charge on any atom is 0.420 e. The molecule has 2 aromatic carbocycles. The van der Waals surface area contributed by atoms with E-state index in [1.165, 1.54) is 16.7 Å². The SMILES string of the molecule is CCOC(=O)c1ccccc1Cn1c(=O)n(C(=O)O)c2cc(Cl)c(Cl)cc21. The van der Waals surface area contributed by atoms with E-state index in [2.05, 4.69) is 0 Å². The number of hydrogen-bond donors (Lipinski definition) is 1. The van der Waals surface area contributed by atoms with Crippen molar-refractivity contribution >= 4 is 46.3 Å². The second kappa shape index (κ2) is 7.46. The second-order valence-electron chi connectivity index (χ2n) is 5.62. The number of ether oxygens (including phenoxy) is 1. The van der Waals surface area contributed by atoms with Crippen LogP contribution in [0, 0.1) is 0 Å². The first-order valence-corrected chi connectivity index (χ1v) is 8.69. The highest BCUT2D eigenvalue weighted by molar-refractivity contribution is 6.42. The smallest absolute Gasteiger partial charge is 0.420 e. The number of carbonyl (C=O) groups excluding carboxylic acids is 1. The molecule has 0 bridgehead atoms. The molecule has 3 rings (SSSR count). The van der Waals surface area contributed by atoms with Gasteiger partial charge in [0, 0.05) is 0 Å². The zero-order valence-electron chi connectivity index (χ0n) is 14.1. The van der Waals surface area contributed by atoms with Gasteiger partial charge in [0.25, 0.3) is 0 Å². The Hall–Kier alpha value is -2.77. The van der Waals surface area contributed by atoms with Gasteiger partial charge < -0.3 is 9.84 Å². The van der Waals surface area contributed by atoms with Crippen molar-refractivity contribution in [3.63, 3.8) is 0 Å². The van der Waals surface area contributed by atoms with E-state index in [-0.39, 0.29) is 34.2 Å². The molecule has 0 fully saturated rings. The highest BCUT2D eigenvalue weighted by Crippen LogP contribution is 2.28. The number of halogens is 2. The van der Waals surface area contributed by atoms with Crippen molar-refractivity contribution in [2.75, 3.05) is 6.61 Å². The van der Waals surface area contributed by atoms with E-state index in [9.17, 15) is 19.5 Å². The van der Waals surface area contributed by atoms with Crippen molar-refractivity contribution < 1.29 is 19.4 Å². The summed E-state index contributed by atoms with van der Waals surface area (Å²) in [6, 6.07) is 9.38. The standard InChI is InChI=1S/C18H14Cl2N2O5/c1-2-27-16(23)11-6-4-3-5-10(11)9-21-14-7-12(19)13(20)8-15(14)22(17(21)24)18(25)26/h3-8H,2,9H2,1H3,(H,25,26). The summed E-state index contributed by atoms with van der Waals surface area (Å²) in [5.74, 6) is -0.524. The zero-order chi connectivity index (χ0) is 19.7. The third-order valence-corrected chi connectivity index (χ3v) is 4.73. The lowest BCUT2D eigenvalue weighted by Gasteiger charge is -2.10. The Morgan fingerprint density at radius 1 is 1.11 bits per heavy atom. The van der Waals surface area contributed by atoms with Gasteiger partial charge in [-0.3, -0.25) is 4.57 Å². The molecule has 0 unspecified atom stereocenters. The Kier molecular flexibility index (Phi) is 5.25. The molecule has 9 heteroatoms. The molecule has 0 atom stereocenters. The van der Waals surface area contributed by atoms with Crippen LogP contribution in [0.1, 0.15) is 22.8 Å². The Labute approximate surface area is 163 Å². The minimum atomic E-state index is -1.44. The quantitative estimate of drug-likeness (QED) is 0.661. The Morgan fingerprint density at radius 2 is 1.74 bits per heavy atom. The maximum atomic E-state index is 12.7. The van der Waals surface area contributed by atoms with Gasteiger partial charge in [-0.15, -0.1) is 0 Å². The van der Waals surface area contributed by atoms with Gasteiger partial charge in [-0.2, -0.15) is 4.57 Å². The number of rotatable bonds is 4. The molecular formula is C18H14Cl2N2O5. The van der Waals surface area contributed by atoms with Crippen LogP contribution >= 0.6 is 23.2 Å². The summed E-state index contributed by atoms with van der Waals surface area (Å²) < 4.78 is 6.85. The topological polar surface area (TPSA) is 90.5 Å². The lowest BCUT2D eigenvalue weighted by Crippen LogP contribution is -2.29. The van der Waals surface area contributed by atoms with E-state index in [0.29, 0.717) is 15.7 Å². The molecule has 0 radical (unpaired) electrons. The van der Waals surface area contributed by atoms with Crippen LogP contribution in [0.2, 0.25) is 10.0 Å². The molecule has 7 nitrogen and oxygen atoms in total. The van der Waals surface area contributed by atoms with Crippen molar-refractivity contribution in [2.24, 2.45) is 0 Å². The number of aromatic nitrogens is 2. The Balaban J connectivity index is 2.21. The van der Waals surface area contributed by atoms with Gasteiger partial charge in [-0.05, 0) is 30.7 Å². The number of hydrogen-bond acceptors (Lipinski definition) is 4. The summed E-state index contributed by atoms with van der Waals surface area (Å²) in [4.78, 5) is 36.4. The van der Waals surface area contributed by atoms with Crippen molar-refractivity contribution in [1.82, 2.24) is 9.13 Å². The van der Waals surface area contributed by atoms with E-state index in [1.54, 1.807) is 31.2 Å². The van der Waals surface area contributed by atoms with Crippen LogP contribution in [-0.4, -0.2) is 32.9 Å². The molecule has 1 N–H and O–H groups in total. The first-order chi connectivity index (χ1) is 12.8. The normalized spacial score (nSPS) is 10.9. The van der Waals surface area contributed by atoms with Crippen molar-refractivity contribution in [3.8, 4) is 0 Å². The van der Waals surface area contributed by atoms with E-state index in [0.717, 1.165) is 0 Å². The molecule has 3 aromatic rings. The zero-order valence-corrected chi connectivity index (χ0v) is 15.6. The fourth-order valence-corrected chi connectivity index (χ4v) is 3.14. The number of fused-ring (bicyclic) bond motifs is 1. The van der Waals surface area contributed by atoms with Gasteiger partial charge in [-0.1, -0.05) is 41.4 Å². The fourth-order valence-electron chi connectivity index (χ4n) is 2.82. The van der Waals surface area contributed by atoms with E-state index in [1.807, 2.05) is 0 Å². The fraction of sp³-hybridized carbons (Fsp3) is 0.167. The van der Waals surface area contributed by atoms with E-state index >= 15 is 0 Å². The molecule has 0 aliphatic rings. The molecule has 140 valence electrons.